The lowest BCUT2D eigenvalue weighted by Crippen LogP contribution is -2.41. The van der Waals surface area contributed by atoms with Crippen molar-refractivity contribution >= 4 is 5.91 Å². The first-order valence-corrected chi connectivity index (χ1v) is 16.7. The molecule has 1 atom stereocenters. The van der Waals surface area contributed by atoms with Crippen LogP contribution in [0.2, 0.25) is 0 Å². The SMILES string of the molecule is CN(CC1CCCN(Cc2ccccc2)C1)C(=O)c1cccc(OC2CCN(CC(c3ccccc3)c3ccccc3)CC2)c1. The summed E-state index contributed by atoms with van der Waals surface area (Å²) in [5.41, 5.74) is 4.79. The molecule has 4 aromatic carbocycles. The monoisotopic (exact) mass is 601 g/mol. The minimum absolute atomic E-state index is 0.0725. The van der Waals surface area contributed by atoms with Crippen molar-refractivity contribution in [3.63, 3.8) is 0 Å². The van der Waals surface area contributed by atoms with E-state index in [2.05, 4.69) is 101 Å². The number of hydrogen-bond donors (Lipinski definition) is 0. The molecule has 0 N–H and O–H groups in total. The molecule has 0 bridgehead atoms. The lowest BCUT2D eigenvalue weighted by atomic mass is 9.90. The highest BCUT2D eigenvalue weighted by Crippen LogP contribution is 2.28. The van der Waals surface area contributed by atoms with Crippen LogP contribution < -0.4 is 4.74 Å². The number of carbonyl (C=O) groups excluding carboxylic acids is 1. The van der Waals surface area contributed by atoms with Crippen LogP contribution in [0.1, 0.15) is 58.6 Å². The zero-order valence-electron chi connectivity index (χ0n) is 26.6. The third-order valence-electron chi connectivity index (χ3n) is 9.49. The lowest BCUT2D eigenvalue weighted by Gasteiger charge is -2.35. The molecule has 5 heteroatoms. The number of ether oxygens (including phenoxy) is 1. The largest absolute Gasteiger partial charge is 0.490 e. The van der Waals surface area contributed by atoms with E-state index in [-0.39, 0.29) is 12.0 Å². The quantitative estimate of drug-likeness (QED) is 0.180. The second kappa shape index (κ2) is 15.4. The summed E-state index contributed by atoms with van der Waals surface area (Å²) >= 11 is 0. The van der Waals surface area contributed by atoms with E-state index in [4.69, 9.17) is 4.74 Å². The molecule has 5 nitrogen and oxygen atoms in total. The van der Waals surface area contributed by atoms with Crippen molar-refractivity contribution in [2.75, 3.05) is 46.3 Å². The fourth-order valence-electron chi connectivity index (χ4n) is 7.11. The molecule has 2 aliphatic heterocycles. The number of benzene rings is 4. The molecular formula is C40H47N3O2. The Hall–Kier alpha value is -3.93. The zero-order valence-corrected chi connectivity index (χ0v) is 26.6. The molecule has 0 aliphatic carbocycles. The highest BCUT2D eigenvalue weighted by Gasteiger charge is 2.26. The number of likely N-dealkylation sites (tertiary alicyclic amines) is 2. The van der Waals surface area contributed by atoms with Gasteiger partial charge in [0.05, 0.1) is 0 Å². The maximum absolute atomic E-state index is 13.5. The Labute approximate surface area is 269 Å². The van der Waals surface area contributed by atoms with E-state index in [1.807, 2.05) is 36.2 Å². The number of piperidine rings is 2. The van der Waals surface area contributed by atoms with Gasteiger partial charge in [-0.25, -0.2) is 0 Å². The van der Waals surface area contributed by atoms with Crippen molar-refractivity contribution in [3.8, 4) is 5.75 Å². The van der Waals surface area contributed by atoms with Gasteiger partial charge in [0.25, 0.3) is 5.91 Å². The lowest BCUT2D eigenvalue weighted by molar-refractivity contribution is 0.0723. The van der Waals surface area contributed by atoms with E-state index in [1.54, 1.807) is 0 Å². The third-order valence-corrected chi connectivity index (χ3v) is 9.49. The van der Waals surface area contributed by atoms with Crippen LogP contribution in [0.15, 0.2) is 115 Å². The van der Waals surface area contributed by atoms with Crippen molar-refractivity contribution in [2.24, 2.45) is 5.92 Å². The summed E-state index contributed by atoms with van der Waals surface area (Å²) in [6.07, 6.45) is 4.47. The highest BCUT2D eigenvalue weighted by molar-refractivity contribution is 5.94. The molecule has 1 unspecified atom stereocenters. The fraction of sp³-hybridized carbons (Fsp3) is 0.375. The average molecular weight is 602 g/mol. The second-order valence-corrected chi connectivity index (χ2v) is 12.9. The van der Waals surface area contributed by atoms with Crippen molar-refractivity contribution in [2.45, 2.75) is 44.2 Å². The third kappa shape index (κ3) is 8.62. The van der Waals surface area contributed by atoms with E-state index < -0.39 is 0 Å². The topological polar surface area (TPSA) is 36.0 Å². The molecule has 2 fully saturated rings. The van der Waals surface area contributed by atoms with Crippen molar-refractivity contribution in [1.82, 2.24) is 14.7 Å². The minimum Gasteiger partial charge on any atom is -0.490 e. The smallest absolute Gasteiger partial charge is 0.253 e. The molecule has 0 spiro atoms. The molecule has 45 heavy (non-hydrogen) atoms. The Kier molecular flexibility index (Phi) is 10.6. The van der Waals surface area contributed by atoms with Gasteiger partial charge in [0.2, 0.25) is 0 Å². The summed E-state index contributed by atoms with van der Waals surface area (Å²) in [7, 11) is 1.94. The summed E-state index contributed by atoms with van der Waals surface area (Å²) in [6.45, 7) is 6.93. The fourth-order valence-corrected chi connectivity index (χ4v) is 7.11. The number of carbonyl (C=O) groups is 1. The first-order valence-electron chi connectivity index (χ1n) is 16.7. The number of nitrogens with zero attached hydrogens (tertiary/aromatic N) is 3. The molecule has 234 valence electrons. The summed E-state index contributed by atoms with van der Waals surface area (Å²) in [5, 5.41) is 0. The maximum atomic E-state index is 13.5. The van der Waals surface area contributed by atoms with Gasteiger partial charge in [0.15, 0.2) is 0 Å². The number of hydrogen-bond acceptors (Lipinski definition) is 4. The normalized spacial score (nSPS) is 18.1. The van der Waals surface area contributed by atoms with Crippen LogP contribution in [0, 0.1) is 5.92 Å². The van der Waals surface area contributed by atoms with Crippen LogP contribution in [-0.4, -0.2) is 73.0 Å². The Morgan fingerprint density at radius 1 is 0.778 bits per heavy atom. The van der Waals surface area contributed by atoms with Crippen LogP contribution in [0.5, 0.6) is 5.75 Å². The van der Waals surface area contributed by atoms with E-state index in [1.165, 1.54) is 29.5 Å². The molecule has 0 saturated carbocycles. The first kappa shape index (κ1) is 31.1. The summed E-state index contributed by atoms with van der Waals surface area (Å²) < 4.78 is 6.47. The molecule has 4 aromatic rings. The summed E-state index contributed by atoms with van der Waals surface area (Å²) in [5.74, 6) is 1.71. The van der Waals surface area contributed by atoms with Crippen molar-refractivity contribution in [3.05, 3.63) is 138 Å². The molecule has 2 heterocycles. The van der Waals surface area contributed by atoms with Gasteiger partial charge in [0.1, 0.15) is 11.9 Å². The van der Waals surface area contributed by atoms with Crippen LogP contribution in [0.25, 0.3) is 0 Å². The van der Waals surface area contributed by atoms with Gasteiger partial charge >= 0.3 is 0 Å². The average Bonchev–Trinajstić information content (AvgIpc) is 3.09. The zero-order chi connectivity index (χ0) is 30.8. The predicted molar refractivity (Wildman–Crippen MR) is 183 cm³/mol. The van der Waals surface area contributed by atoms with Crippen LogP contribution in [0.3, 0.4) is 0 Å². The van der Waals surface area contributed by atoms with Gasteiger partial charge in [-0.3, -0.25) is 9.69 Å². The maximum Gasteiger partial charge on any atom is 0.253 e. The van der Waals surface area contributed by atoms with Gasteiger partial charge in [-0.2, -0.15) is 0 Å². The molecule has 2 saturated heterocycles. The highest BCUT2D eigenvalue weighted by atomic mass is 16.5. The van der Waals surface area contributed by atoms with Crippen molar-refractivity contribution in [1.29, 1.82) is 0 Å². The Balaban J connectivity index is 0.995. The van der Waals surface area contributed by atoms with Crippen molar-refractivity contribution < 1.29 is 9.53 Å². The molecule has 6 rings (SSSR count). The molecule has 0 aromatic heterocycles. The molecule has 2 aliphatic rings. The standard InChI is InChI=1S/C40H47N3O2/c1-41(28-33-15-12-24-43(30-33)29-32-13-5-2-6-14-32)40(44)36-20-11-21-38(27-36)45-37-22-25-42(26-23-37)31-39(34-16-7-3-8-17-34)35-18-9-4-10-19-35/h2-11,13-14,16-21,27,33,37,39H,12,15,22-26,28-31H2,1H3. The van der Waals surface area contributed by atoms with Gasteiger partial charge < -0.3 is 14.5 Å². The second-order valence-electron chi connectivity index (χ2n) is 12.9. The Bertz CT molecular complexity index is 1430. The van der Waals surface area contributed by atoms with Gasteiger partial charge in [0, 0.05) is 57.8 Å². The van der Waals surface area contributed by atoms with E-state index in [9.17, 15) is 4.79 Å². The summed E-state index contributed by atoms with van der Waals surface area (Å²) in [6, 6.07) is 40.2. The number of rotatable bonds is 11. The first-order chi connectivity index (χ1) is 22.1. The van der Waals surface area contributed by atoms with Crippen LogP contribution in [-0.2, 0) is 6.54 Å². The molecular weight excluding hydrogens is 554 g/mol. The Morgan fingerprint density at radius 2 is 1.42 bits per heavy atom. The predicted octanol–water partition coefficient (Wildman–Crippen LogP) is 7.35. The summed E-state index contributed by atoms with van der Waals surface area (Å²) in [4.78, 5) is 20.5. The molecule has 1 amide bonds. The van der Waals surface area contributed by atoms with E-state index in [0.717, 1.165) is 64.4 Å². The van der Waals surface area contributed by atoms with E-state index >= 15 is 0 Å². The van der Waals surface area contributed by atoms with Crippen LogP contribution in [0.4, 0.5) is 0 Å². The van der Waals surface area contributed by atoms with Crippen LogP contribution >= 0.6 is 0 Å². The number of amides is 1. The van der Waals surface area contributed by atoms with E-state index in [0.29, 0.717) is 17.4 Å². The van der Waals surface area contributed by atoms with Gasteiger partial charge in [-0.05, 0) is 73.0 Å². The Morgan fingerprint density at radius 3 is 2.09 bits per heavy atom. The molecule has 0 radical (unpaired) electrons. The van der Waals surface area contributed by atoms with Gasteiger partial charge in [-0.15, -0.1) is 0 Å². The minimum atomic E-state index is 0.0725. The van der Waals surface area contributed by atoms with Gasteiger partial charge in [-0.1, -0.05) is 97.1 Å².